The van der Waals surface area contributed by atoms with Crippen LogP contribution >= 0.6 is 0 Å². The van der Waals surface area contributed by atoms with E-state index in [-0.39, 0.29) is 12.4 Å². The Bertz CT molecular complexity index is 1130. The number of hydrazone groups is 1. The van der Waals surface area contributed by atoms with Crippen LogP contribution in [0.5, 0.6) is 0 Å². The largest absolute Gasteiger partial charge is 0.462 e. The van der Waals surface area contributed by atoms with E-state index in [1.165, 1.54) is 10.8 Å². The van der Waals surface area contributed by atoms with Crippen LogP contribution in [-0.4, -0.2) is 39.2 Å². The van der Waals surface area contributed by atoms with Crippen molar-refractivity contribution in [3.63, 3.8) is 0 Å². The number of furan rings is 1. The average Bonchev–Trinajstić information content (AvgIpc) is 3.36. The number of aromatic nitrogens is 2. The van der Waals surface area contributed by atoms with Crippen LogP contribution in [0.25, 0.3) is 11.3 Å². The Hall–Kier alpha value is -4.28. The second-order valence-corrected chi connectivity index (χ2v) is 6.30. The maximum absolute atomic E-state index is 12.0. The van der Waals surface area contributed by atoms with Gasteiger partial charge in [-0.05, 0) is 36.1 Å². The number of esters is 1. The molecule has 0 spiro atoms. The number of carbonyl (C=O) groups is 2. The lowest BCUT2D eigenvalue weighted by molar-refractivity contribution is -0.392. The van der Waals surface area contributed by atoms with Crippen LogP contribution in [0.3, 0.4) is 0 Å². The number of hydrogen-bond donors (Lipinski definition) is 1. The monoisotopic (exact) mass is 425 g/mol. The standard InChI is InChI=1S/C20H19N5O6/c1-3-30-20(27)15-6-4-14(5-7-15)17-9-8-16(31-17)10-22-23-18(26)12-24-13(2)21-11-19(24)25(28)29/h4-11H,3,12H2,1-2H3,(H,23,26)/b22-10+. The maximum atomic E-state index is 12.0. The van der Waals surface area contributed by atoms with Gasteiger partial charge in [-0.25, -0.2) is 19.8 Å². The van der Waals surface area contributed by atoms with Gasteiger partial charge in [0.05, 0.1) is 18.4 Å². The van der Waals surface area contributed by atoms with E-state index in [2.05, 4.69) is 15.5 Å². The first-order chi connectivity index (χ1) is 14.9. The van der Waals surface area contributed by atoms with Crippen LogP contribution in [0.4, 0.5) is 5.82 Å². The van der Waals surface area contributed by atoms with Crippen molar-refractivity contribution in [2.24, 2.45) is 5.10 Å². The van der Waals surface area contributed by atoms with Crippen molar-refractivity contribution in [3.8, 4) is 11.3 Å². The highest BCUT2D eigenvalue weighted by atomic mass is 16.6. The third kappa shape index (κ3) is 5.21. The highest BCUT2D eigenvalue weighted by molar-refractivity contribution is 5.90. The van der Waals surface area contributed by atoms with Gasteiger partial charge in [-0.2, -0.15) is 5.10 Å². The van der Waals surface area contributed by atoms with Gasteiger partial charge in [0.15, 0.2) is 12.4 Å². The fraction of sp³-hybridized carbons (Fsp3) is 0.200. The number of rotatable bonds is 8. The second kappa shape index (κ2) is 9.48. The lowest BCUT2D eigenvalue weighted by atomic mass is 10.1. The van der Waals surface area contributed by atoms with Crippen LogP contribution in [0.2, 0.25) is 0 Å². The molecule has 160 valence electrons. The molecule has 0 saturated carbocycles. The molecule has 1 aromatic carbocycles. The zero-order chi connectivity index (χ0) is 22.4. The van der Waals surface area contributed by atoms with Crippen molar-refractivity contribution in [2.45, 2.75) is 20.4 Å². The average molecular weight is 425 g/mol. The van der Waals surface area contributed by atoms with Crippen molar-refractivity contribution in [1.29, 1.82) is 0 Å². The molecule has 2 aromatic heterocycles. The quantitative estimate of drug-likeness (QED) is 0.253. The Morgan fingerprint density at radius 2 is 2.03 bits per heavy atom. The summed E-state index contributed by atoms with van der Waals surface area (Å²) in [5.41, 5.74) is 3.48. The van der Waals surface area contributed by atoms with Crippen LogP contribution in [-0.2, 0) is 16.1 Å². The predicted octanol–water partition coefficient (Wildman–Crippen LogP) is 2.69. The Kier molecular flexibility index (Phi) is 6.55. The van der Waals surface area contributed by atoms with Gasteiger partial charge < -0.3 is 19.3 Å². The summed E-state index contributed by atoms with van der Waals surface area (Å²) < 4.78 is 11.8. The summed E-state index contributed by atoms with van der Waals surface area (Å²) in [4.78, 5) is 37.9. The molecule has 11 heteroatoms. The minimum absolute atomic E-state index is 0.277. The number of nitro groups is 1. The Morgan fingerprint density at radius 3 is 2.71 bits per heavy atom. The molecule has 0 unspecified atom stereocenters. The fourth-order valence-electron chi connectivity index (χ4n) is 2.71. The first-order valence-electron chi connectivity index (χ1n) is 9.25. The van der Waals surface area contributed by atoms with Crippen molar-refractivity contribution in [3.05, 3.63) is 69.9 Å². The van der Waals surface area contributed by atoms with Gasteiger partial charge in [-0.3, -0.25) is 4.79 Å². The predicted molar refractivity (Wildman–Crippen MR) is 109 cm³/mol. The number of nitrogens with one attached hydrogen (secondary N) is 1. The second-order valence-electron chi connectivity index (χ2n) is 6.30. The molecule has 0 aliphatic heterocycles. The van der Waals surface area contributed by atoms with Crippen LogP contribution < -0.4 is 5.43 Å². The maximum Gasteiger partial charge on any atom is 0.343 e. The van der Waals surface area contributed by atoms with E-state index < -0.39 is 16.8 Å². The van der Waals surface area contributed by atoms with Gasteiger partial charge in [0.1, 0.15) is 17.7 Å². The number of nitrogens with zero attached hydrogens (tertiary/aromatic N) is 4. The van der Waals surface area contributed by atoms with Crippen LogP contribution in [0.1, 0.15) is 28.9 Å². The minimum atomic E-state index is -0.611. The summed E-state index contributed by atoms with van der Waals surface area (Å²) in [6.45, 7) is 3.31. The third-order valence-corrected chi connectivity index (χ3v) is 4.21. The van der Waals surface area contributed by atoms with Gasteiger partial charge >= 0.3 is 11.8 Å². The molecule has 3 rings (SSSR count). The van der Waals surface area contributed by atoms with E-state index in [0.717, 1.165) is 11.8 Å². The molecular formula is C20H19N5O6. The SMILES string of the molecule is CCOC(=O)c1ccc(-c2ccc(/C=N/NC(=O)Cn3c([N+](=O)[O-])cnc3C)o2)cc1. The number of amides is 1. The molecule has 0 atom stereocenters. The smallest absolute Gasteiger partial charge is 0.343 e. The van der Waals surface area contributed by atoms with Crippen molar-refractivity contribution >= 4 is 23.9 Å². The van der Waals surface area contributed by atoms with E-state index in [1.807, 2.05) is 0 Å². The number of aryl methyl sites for hydroxylation is 1. The first-order valence-corrected chi connectivity index (χ1v) is 9.25. The molecule has 2 heterocycles. The number of benzene rings is 1. The summed E-state index contributed by atoms with van der Waals surface area (Å²) in [6.07, 6.45) is 2.40. The summed E-state index contributed by atoms with van der Waals surface area (Å²) in [6, 6.07) is 10.1. The molecule has 3 aromatic rings. The van der Waals surface area contributed by atoms with Crippen LogP contribution in [0, 0.1) is 17.0 Å². The molecular weight excluding hydrogens is 406 g/mol. The Balaban J connectivity index is 1.60. The Morgan fingerprint density at radius 1 is 1.29 bits per heavy atom. The van der Waals surface area contributed by atoms with Crippen molar-refractivity contribution < 1.29 is 23.7 Å². The molecule has 0 bridgehead atoms. The summed E-state index contributed by atoms with van der Waals surface area (Å²) >= 11 is 0. The lowest BCUT2D eigenvalue weighted by Gasteiger charge is -2.02. The minimum Gasteiger partial charge on any atom is -0.462 e. The zero-order valence-electron chi connectivity index (χ0n) is 16.8. The summed E-state index contributed by atoms with van der Waals surface area (Å²) in [5.74, 6) is 0.0502. The molecule has 0 radical (unpaired) electrons. The first kappa shape index (κ1) is 21.4. The summed E-state index contributed by atoms with van der Waals surface area (Å²) in [7, 11) is 0. The van der Waals surface area contributed by atoms with E-state index >= 15 is 0 Å². The number of ether oxygens (including phenoxy) is 1. The number of hydrogen-bond acceptors (Lipinski definition) is 8. The molecule has 0 aliphatic rings. The van der Waals surface area contributed by atoms with Gasteiger partial charge in [0.25, 0.3) is 5.91 Å². The highest BCUT2D eigenvalue weighted by Crippen LogP contribution is 2.22. The van der Waals surface area contributed by atoms with Gasteiger partial charge in [0.2, 0.25) is 0 Å². The highest BCUT2D eigenvalue weighted by Gasteiger charge is 2.19. The van der Waals surface area contributed by atoms with Gasteiger partial charge in [0, 0.05) is 12.5 Å². The molecule has 31 heavy (non-hydrogen) atoms. The van der Waals surface area contributed by atoms with Gasteiger partial charge in [-0.1, -0.05) is 12.1 Å². The van der Waals surface area contributed by atoms with E-state index in [4.69, 9.17) is 9.15 Å². The molecule has 1 amide bonds. The van der Waals surface area contributed by atoms with E-state index in [0.29, 0.717) is 29.5 Å². The van der Waals surface area contributed by atoms with Gasteiger partial charge in [-0.15, -0.1) is 0 Å². The van der Waals surface area contributed by atoms with Crippen LogP contribution in [0.15, 0.2) is 52.1 Å². The van der Waals surface area contributed by atoms with Crippen molar-refractivity contribution in [1.82, 2.24) is 15.0 Å². The molecule has 0 aliphatic carbocycles. The normalized spacial score (nSPS) is 10.9. The van der Waals surface area contributed by atoms with E-state index in [1.54, 1.807) is 50.2 Å². The lowest BCUT2D eigenvalue weighted by Crippen LogP contribution is -2.24. The number of imidazole rings is 1. The van der Waals surface area contributed by atoms with E-state index in [9.17, 15) is 19.7 Å². The molecule has 0 saturated heterocycles. The molecule has 0 fully saturated rings. The third-order valence-electron chi connectivity index (χ3n) is 4.21. The molecule has 1 N–H and O–H groups in total. The summed E-state index contributed by atoms with van der Waals surface area (Å²) in [5, 5.41) is 14.8. The number of carbonyl (C=O) groups excluding carboxylic acids is 2. The molecule has 11 nitrogen and oxygen atoms in total. The van der Waals surface area contributed by atoms with Crippen molar-refractivity contribution in [2.75, 3.05) is 6.61 Å². The fourth-order valence-corrected chi connectivity index (χ4v) is 2.71. The topological polar surface area (TPSA) is 142 Å². The zero-order valence-corrected chi connectivity index (χ0v) is 16.8. The Labute approximate surface area is 176 Å².